The van der Waals surface area contributed by atoms with Crippen LogP contribution in [0.5, 0.6) is 0 Å². The standard InChI is InChI=1S/C11H17ClN4.HI/c1-8(2)5-15-11(13)16-7-9-3-4-10(12)14-6-9;/h3-4,6,8H,5,7H2,1-2H3,(H3,13,15,16);1H. The summed E-state index contributed by atoms with van der Waals surface area (Å²) < 4.78 is 0. The lowest BCUT2D eigenvalue weighted by Crippen LogP contribution is -2.34. The van der Waals surface area contributed by atoms with Gasteiger partial charge in [0.2, 0.25) is 0 Å². The van der Waals surface area contributed by atoms with E-state index < -0.39 is 0 Å². The molecule has 96 valence electrons. The molecule has 0 unspecified atom stereocenters. The van der Waals surface area contributed by atoms with Crippen molar-refractivity contribution in [2.45, 2.75) is 20.4 Å². The number of hydrogen-bond donors (Lipinski definition) is 2. The van der Waals surface area contributed by atoms with E-state index in [1.807, 2.05) is 6.07 Å². The van der Waals surface area contributed by atoms with Gasteiger partial charge in [-0.3, -0.25) is 0 Å². The first-order valence-electron chi connectivity index (χ1n) is 5.22. The van der Waals surface area contributed by atoms with E-state index in [4.69, 9.17) is 17.3 Å². The van der Waals surface area contributed by atoms with E-state index in [0.717, 1.165) is 12.1 Å². The predicted octanol–water partition coefficient (Wildman–Crippen LogP) is 2.41. The van der Waals surface area contributed by atoms with E-state index in [9.17, 15) is 0 Å². The molecule has 4 nitrogen and oxygen atoms in total. The Hall–Kier alpha value is -0.560. The van der Waals surface area contributed by atoms with Crippen molar-refractivity contribution in [1.82, 2.24) is 10.3 Å². The third-order valence-corrected chi connectivity index (χ3v) is 2.14. The molecule has 17 heavy (non-hydrogen) atoms. The minimum atomic E-state index is 0. The molecule has 1 aromatic rings. The number of nitrogens with two attached hydrogens (primary N) is 1. The van der Waals surface area contributed by atoms with E-state index in [1.165, 1.54) is 0 Å². The van der Waals surface area contributed by atoms with Crippen LogP contribution in [0.25, 0.3) is 0 Å². The Bertz CT molecular complexity index is 351. The Labute approximate surface area is 124 Å². The van der Waals surface area contributed by atoms with Crippen LogP contribution in [0, 0.1) is 5.92 Å². The van der Waals surface area contributed by atoms with E-state index in [-0.39, 0.29) is 24.0 Å². The lowest BCUT2D eigenvalue weighted by Gasteiger charge is -2.07. The maximum Gasteiger partial charge on any atom is 0.188 e. The second-order valence-electron chi connectivity index (χ2n) is 3.97. The minimum Gasteiger partial charge on any atom is -0.370 e. The molecule has 0 aliphatic rings. The molecule has 0 atom stereocenters. The van der Waals surface area contributed by atoms with Gasteiger partial charge in [0.25, 0.3) is 0 Å². The van der Waals surface area contributed by atoms with E-state index in [2.05, 4.69) is 29.1 Å². The summed E-state index contributed by atoms with van der Waals surface area (Å²) in [6.45, 7) is 5.57. The quantitative estimate of drug-likeness (QED) is 0.371. The smallest absolute Gasteiger partial charge is 0.188 e. The fourth-order valence-corrected chi connectivity index (χ4v) is 1.15. The minimum absolute atomic E-state index is 0. The van der Waals surface area contributed by atoms with Crippen molar-refractivity contribution in [3.8, 4) is 0 Å². The third kappa shape index (κ3) is 7.38. The fourth-order valence-electron chi connectivity index (χ4n) is 1.04. The summed E-state index contributed by atoms with van der Waals surface area (Å²) >= 11 is 5.67. The van der Waals surface area contributed by atoms with Crippen LogP contribution in [0.15, 0.2) is 23.3 Å². The molecule has 0 aliphatic heterocycles. The van der Waals surface area contributed by atoms with Crippen molar-refractivity contribution in [3.05, 3.63) is 29.0 Å². The Balaban J connectivity index is 0.00000256. The first-order valence-corrected chi connectivity index (χ1v) is 5.60. The highest BCUT2D eigenvalue weighted by molar-refractivity contribution is 14.0. The molecule has 1 heterocycles. The lowest BCUT2D eigenvalue weighted by molar-refractivity contribution is 0.622. The first-order chi connectivity index (χ1) is 7.58. The maximum atomic E-state index is 5.69. The molecule has 0 saturated carbocycles. The Morgan fingerprint density at radius 1 is 1.53 bits per heavy atom. The second kappa shape index (κ2) is 8.52. The van der Waals surface area contributed by atoms with Crippen LogP contribution in [0.4, 0.5) is 0 Å². The average Bonchev–Trinajstić information content (AvgIpc) is 2.25. The van der Waals surface area contributed by atoms with Crippen molar-refractivity contribution in [2.75, 3.05) is 6.54 Å². The van der Waals surface area contributed by atoms with E-state index in [0.29, 0.717) is 23.6 Å². The molecule has 6 heteroatoms. The normalized spacial score (nSPS) is 11.2. The number of nitrogens with one attached hydrogen (secondary N) is 1. The number of halogens is 2. The zero-order valence-corrected chi connectivity index (χ0v) is 13.1. The van der Waals surface area contributed by atoms with Crippen LogP contribution < -0.4 is 11.1 Å². The number of hydrogen-bond acceptors (Lipinski definition) is 2. The number of rotatable bonds is 4. The van der Waals surface area contributed by atoms with Gasteiger partial charge in [-0.05, 0) is 17.5 Å². The zero-order chi connectivity index (χ0) is 12.0. The number of aromatic nitrogens is 1. The Morgan fingerprint density at radius 2 is 2.24 bits per heavy atom. The molecular weight excluding hydrogens is 351 g/mol. The molecule has 0 aromatic carbocycles. The van der Waals surface area contributed by atoms with Gasteiger partial charge in [0, 0.05) is 12.7 Å². The molecule has 0 fully saturated rings. The molecule has 3 N–H and O–H groups in total. The first kappa shape index (κ1) is 16.4. The third-order valence-electron chi connectivity index (χ3n) is 1.91. The molecule has 1 aromatic heterocycles. The maximum absolute atomic E-state index is 5.69. The fraction of sp³-hybridized carbons (Fsp3) is 0.455. The van der Waals surface area contributed by atoms with Gasteiger partial charge in [0.05, 0.1) is 6.54 Å². The Kier molecular flexibility index (Phi) is 8.24. The lowest BCUT2D eigenvalue weighted by atomic mass is 10.2. The van der Waals surface area contributed by atoms with E-state index >= 15 is 0 Å². The van der Waals surface area contributed by atoms with Gasteiger partial charge in [-0.15, -0.1) is 24.0 Å². The van der Waals surface area contributed by atoms with Gasteiger partial charge in [0.15, 0.2) is 5.96 Å². The van der Waals surface area contributed by atoms with Crippen molar-refractivity contribution < 1.29 is 0 Å². The number of nitrogens with zero attached hydrogens (tertiary/aromatic N) is 2. The summed E-state index contributed by atoms with van der Waals surface area (Å²) in [5.74, 6) is 1.01. The summed E-state index contributed by atoms with van der Waals surface area (Å²) in [4.78, 5) is 8.16. The predicted molar refractivity (Wildman–Crippen MR) is 82.8 cm³/mol. The summed E-state index contributed by atoms with van der Waals surface area (Å²) in [6, 6.07) is 3.62. The van der Waals surface area contributed by atoms with Gasteiger partial charge in [0.1, 0.15) is 5.15 Å². The number of guanidine groups is 1. The molecule has 0 saturated heterocycles. The van der Waals surface area contributed by atoms with E-state index in [1.54, 1.807) is 12.3 Å². The number of pyridine rings is 1. The average molecular weight is 369 g/mol. The van der Waals surface area contributed by atoms with Crippen LogP contribution >= 0.6 is 35.6 Å². The van der Waals surface area contributed by atoms with Crippen molar-refractivity contribution in [3.63, 3.8) is 0 Å². The highest BCUT2D eigenvalue weighted by atomic mass is 127. The molecule has 0 aliphatic carbocycles. The topological polar surface area (TPSA) is 63.3 Å². The highest BCUT2D eigenvalue weighted by Gasteiger charge is 1.96. The van der Waals surface area contributed by atoms with Crippen LogP contribution in [-0.4, -0.2) is 17.5 Å². The summed E-state index contributed by atoms with van der Waals surface area (Å²) in [7, 11) is 0. The van der Waals surface area contributed by atoms with Crippen LogP contribution in [0.2, 0.25) is 5.15 Å². The monoisotopic (exact) mass is 368 g/mol. The van der Waals surface area contributed by atoms with Crippen LogP contribution in [0.3, 0.4) is 0 Å². The highest BCUT2D eigenvalue weighted by Crippen LogP contribution is 2.05. The zero-order valence-electron chi connectivity index (χ0n) is 9.98. The molecule has 1 rings (SSSR count). The summed E-state index contributed by atoms with van der Waals surface area (Å²) in [5.41, 5.74) is 6.68. The molecule has 0 bridgehead atoms. The van der Waals surface area contributed by atoms with Gasteiger partial charge >= 0.3 is 0 Å². The molecule has 0 spiro atoms. The van der Waals surface area contributed by atoms with Gasteiger partial charge in [-0.25, -0.2) is 9.98 Å². The SMILES string of the molecule is CC(C)CNC(N)=NCc1ccc(Cl)nc1.I. The van der Waals surface area contributed by atoms with Crippen LogP contribution in [0.1, 0.15) is 19.4 Å². The number of aliphatic imine (C=N–C) groups is 1. The van der Waals surface area contributed by atoms with Crippen molar-refractivity contribution >= 4 is 41.5 Å². The summed E-state index contributed by atoms with van der Waals surface area (Å²) in [5, 5.41) is 3.53. The Morgan fingerprint density at radius 3 is 2.76 bits per heavy atom. The summed E-state index contributed by atoms with van der Waals surface area (Å²) in [6.07, 6.45) is 1.70. The molecular formula is C11H18ClIN4. The van der Waals surface area contributed by atoms with Crippen molar-refractivity contribution in [2.24, 2.45) is 16.6 Å². The van der Waals surface area contributed by atoms with Crippen LogP contribution in [-0.2, 0) is 6.54 Å². The van der Waals surface area contributed by atoms with Gasteiger partial charge < -0.3 is 11.1 Å². The van der Waals surface area contributed by atoms with Crippen molar-refractivity contribution in [1.29, 1.82) is 0 Å². The largest absolute Gasteiger partial charge is 0.370 e. The van der Waals surface area contributed by atoms with Gasteiger partial charge in [-0.1, -0.05) is 31.5 Å². The molecule has 0 radical (unpaired) electrons. The second-order valence-corrected chi connectivity index (χ2v) is 4.35. The molecule has 0 amide bonds. The van der Waals surface area contributed by atoms with Gasteiger partial charge in [-0.2, -0.15) is 0 Å².